The molecule has 0 fully saturated rings. The van der Waals surface area contributed by atoms with Crippen molar-refractivity contribution in [3.05, 3.63) is 37.2 Å². The second-order valence-corrected chi connectivity index (χ2v) is 6.77. The number of rotatable bonds is 5. The minimum Gasteiger partial charge on any atom is -0.271 e. The Hall–Kier alpha value is -0.400. The topological polar surface area (TPSA) is 55.9 Å². The van der Waals surface area contributed by atoms with Crippen molar-refractivity contribution in [2.75, 3.05) is 0 Å². The molecule has 3 N–H and O–H groups in total. The van der Waals surface area contributed by atoms with Crippen LogP contribution < -0.4 is 11.3 Å². The largest absolute Gasteiger partial charge is 0.271 e. The first kappa shape index (κ1) is 15.0. The molecular weight excluding hydrogens is 348 g/mol. The van der Waals surface area contributed by atoms with Gasteiger partial charge in [-0.05, 0) is 41.9 Å². The van der Waals surface area contributed by atoms with Gasteiger partial charge in [-0.15, -0.1) is 11.3 Å². The summed E-state index contributed by atoms with van der Waals surface area (Å²) in [7, 11) is 0. The zero-order valence-corrected chi connectivity index (χ0v) is 13.9. The van der Waals surface area contributed by atoms with E-state index in [9.17, 15) is 0 Å². The molecular formula is C12H16BrClN4S. The molecule has 0 aliphatic carbocycles. The zero-order valence-electron chi connectivity index (χ0n) is 10.8. The van der Waals surface area contributed by atoms with Gasteiger partial charge in [0.25, 0.3) is 0 Å². The number of hydrogen-bond donors (Lipinski definition) is 2. The number of hydrogen-bond acceptors (Lipinski definition) is 4. The number of thiophene rings is 1. The highest BCUT2D eigenvalue weighted by Gasteiger charge is 2.19. The van der Waals surface area contributed by atoms with Crippen molar-refractivity contribution in [1.29, 1.82) is 0 Å². The molecule has 1 unspecified atom stereocenters. The third-order valence-corrected chi connectivity index (χ3v) is 5.37. The van der Waals surface area contributed by atoms with Gasteiger partial charge in [-0.2, -0.15) is 5.10 Å². The quantitative estimate of drug-likeness (QED) is 0.632. The van der Waals surface area contributed by atoms with Crippen LogP contribution in [0.4, 0.5) is 0 Å². The van der Waals surface area contributed by atoms with Crippen LogP contribution in [0.3, 0.4) is 0 Å². The van der Waals surface area contributed by atoms with Gasteiger partial charge in [0.15, 0.2) is 0 Å². The normalized spacial score (nSPS) is 12.9. The Balaban J connectivity index is 2.28. The number of hydrazine groups is 1. The van der Waals surface area contributed by atoms with Crippen molar-refractivity contribution < 1.29 is 0 Å². The summed E-state index contributed by atoms with van der Waals surface area (Å²) in [4.78, 5) is 1.13. The molecule has 0 spiro atoms. The highest BCUT2D eigenvalue weighted by Crippen LogP contribution is 2.31. The van der Waals surface area contributed by atoms with E-state index in [-0.39, 0.29) is 6.04 Å². The molecule has 1 atom stereocenters. The van der Waals surface area contributed by atoms with Gasteiger partial charge in [0, 0.05) is 17.8 Å². The molecule has 2 heterocycles. The lowest BCUT2D eigenvalue weighted by molar-refractivity contribution is 0.522. The molecule has 0 aliphatic rings. The lowest BCUT2D eigenvalue weighted by atomic mass is 10.1. The van der Waals surface area contributed by atoms with Crippen LogP contribution in [0.15, 0.2) is 16.6 Å². The standard InChI is InChI=1S/C12H16BrClN4S/c1-3-18-9(12(13)7(2)17-18)6-8(16-15)10-4-5-11(14)19-10/h4-5,8,16H,3,6,15H2,1-2H3. The molecule has 19 heavy (non-hydrogen) atoms. The van der Waals surface area contributed by atoms with Crippen LogP contribution in [0.25, 0.3) is 0 Å². The summed E-state index contributed by atoms with van der Waals surface area (Å²) in [6.45, 7) is 4.91. The Morgan fingerprint density at radius 1 is 1.58 bits per heavy atom. The average Bonchev–Trinajstić information content (AvgIpc) is 2.93. The highest BCUT2D eigenvalue weighted by atomic mass is 79.9. The van der Waals surface area contributed by atoms with Crippen LogP contribution in [0.2, 0.25) is 4.34 Å². The van der Waals surface area contributed by atoms with Crippen LogP contribution in [0, 0.1) is 6.92 Å². The van der Waals surface area contributed by atoms with E-state index in [4.69, 9.17) is 17.4 Å². The third kappa shape index (κ3) is 3.20. The summed E-state index contributed by atoms with van der Waals surface area (Å²) < 4.78 is 3.82. The van der Waals surface area contributed by atoms with Crippen LogP contribution >= 0.6 is 38.9 Å². The van der Waals surface area contributed by atoms with Crippen LogP contribution in [0.5, 0.6) is 0 Å². The Bertz CT molecular complexity index is 566. The average molecular weight is 364 g/mol. The van der Waals surface area contributed by atoms with Gasteiger partial charge in [0.2, 0.25) is 0 Å². The molecule has 0 saturated heterocycles. The Morgan fingerprint density at radius 2 is 2.32 bits per heavy atom. The number of nitrogens with two attached hydrogens (primary N) is 1. The maximum absolute atomic E-state index is 5.98. The van der Waals surface area contributed by atoms with E-state index in [1.165, 1.54) is 0 Å². The van der Waals surface area contributed by atoms with Crippen molar-refractivity contribution in [2.45, 2.75) is 32.9 Å². The van der Waals surface area contributed by atoms with Crippen molar-refractivity contribution in [2.24, 2.45) is 5.84 Å². The molecule has 0 amide bonds. The van der Waals surface area contributed by atoms with Gasteiger partial charge in [-0.1, -0.05) is 11.6 Å². The molecule has 4 nitrogen and oxygen atoms in total. The second-order valence-electron chi connectivity index (χ2n) is 4.23. The fourth-order valence-electron chi connectivity index (χ4n) is 2.01. The van der Waals surface area contributed by atoms with Crippen LogP contribution in [0.1, 0.15) is 29.2 Å². The fraction of sp³-hybridized carbons (Fsp3) is 0.417. The molecule has 2 aromatic heterocycles. The minimum atomic E-state index is 0.0372. The van der Waals surface area contributed by atoms with E-state index in [0.29, 0.717) is 0 Å². The molecule has 0 saturated carbocycles. The van der Waals surface area contributed by atoms with E-state index < -0.39 is 0 Å². The first-order valence-electron chi connectivity index (χ1n) is 6.00. The summed E-state index contributed by atoms with van der Waals surface area (Å²) in [5.41, 5.74) is 5.00. The number of nitrogens with one attached hydrogen (secondary N) is 1. The molecule has 0 aliphatic heterocycles. The Labute approximate surface area is 130 Å². The Kier molecular flexibility index (Phi) is 5.03. The van der Waals surface area contributed by atoms with Crippen molar-refractivity contribution in [3.63, 3.8) is 0 Å². The Morgan fingerprint density at radius 3 is 2.84 bits per heavy atom. The summed E-state index contributed by atoms with van der Waals surface area (Å²) in [5.74, 6) is 5.68. The smallest absolute Gasteiger partial charge is 0.0931 e. The lowest BCUT2D eigenvalue weighted by Crippen LogP contribution is -2.29. The highest BCUT2D eigenvalue weighted by molar-refractivity contribution is 9.10. The van der Waals surface area contributed by atoms with Crippen molar-refractivity contribution in [3.8, 4) is 0 Å². The van der Waals surface area contributed by atoms with E-state index in [2.05, 4.69) is 33.4 Å². The van der Waals surface area contributed by atoms with Gasteiger partial charge in [0.1, 0.15) is 0 Å². The first-order chi connectivity index (χ1) is 9.06. The number of nitrogens with zero attached hydrogens (tertiary/aromatic N) is 2. The molecule has 7 heteroatoms. The van der Waals surface area contributed by atoms with Gasteiger partial charge in [0.05, 0.1) is 26.2 Å². The monoisotopic (exact) mass is 362 g/mol. The molecule has 0 aromatic carbocycles. The molecule has 0 bridgehead atoms. The maximum atomic E-state index is 5.98. The SMILES string of the molecule is CCn1nc(C)c(Br)c1CC(NN)c1ccc(Cl)s1. The second kappa shape index (κ2) is 6.37. The summed E-state index contributed by atoms with van der Waals surface area (Å²) in [5, 5.41) is 4.49. The lowest BCUT2D eigenvalue weighted by Gasteiger charge is -2.15. The molecule has 104 valence electrons. The summed E-state index contributed by atoms with van der Waals surface area (Å²) >= 11 is 11.1. The number of halogens is 2. The fourth-order valence-corrected chi connectivity index (χ4v) is 3.58. The van der Waals surface area contributed by atoms with Gasteiger partial charge in [-0.25, -0.2) is 0 Å². The van der Waals surface area contributed by atoms with Gasteiger partial charge < -0.3 is 0 Å². The predicted octanol–water partition coefficient (Wildman–Crippen LogP) is 3.44. The van der Waals surface area contributed by atoms with Gasteiger partial charge >= 0.3 is 0 Å². The molecule has 2 rings (SSSR count). The molecule has 2 aromatic rings. The predicted molar refractivity (Wildman–Crippen MR) is 83.4 cm³/mol. The summed E-state index contributed by atoms with van der Waals surface area (Å²) in [6, 6.07) is 3.93. The summed E-state index contributed by atoms with van der Waals surface area (Å²) in [6.07, 6.45) is 0.766. The van der Waals surface area contributed by atoms with Crippen LogP contribution in [-0.4, -0.2) is 9.78 Å². The number of aryl methyl sites for hydroxylation is 2. The maximum Gasteiger partial charge on any atom is 0.0931 e. The number of aromatic nitrogens is 2. The van der Waals surface area contributed by atoms with Gasteiger partial charge in [-0.3, -0.25) is 16.0 Å². The molecule has 0 radical (unpaired) electrons. The van der Waals surface area contributed by atoms with Crippen molar-refractivity contribution in [1.82, 2.24) is 15.2 Å². The van der Waals surface area contributed by atoms with E-state index >= 15 is 0 Å². The van der Waals surface area contributed by atoms with E-state index in [0.717, 1.165) is 38.0 Å². The van der Waals surface area contributed by atoms with E-state index in [1.807, 2.05) is 23.7 Å². The van der Waals surface area contributed by atoms with Crippen LogP contribution in [-0.2, 0) is 13.0 Å². The van der Waals surface area contributed by atoms with E-state index in [1.54, 1.807) is 11.3 Å². The third-order valence-electron chi connectivity index (χ3n) is 2.99. The first-order valence-corrected chi connectivity index (χ1v) is 7.98. The minimum absolute atomic E-state index is 0.0372. The zero-order chi connectivity index (χ0) is 14.0. The van der Waals surface area contributed by atoms with Crippen molar-refractivity contribution >= 4 is 38.9 Å².